The Hall–Kier alpha value is -1.41. The average Bonchev–Trinajstić information content (AvgIpc) is 3.17. The second-order valence-electron chi connectivity index (χ2n) is 8.90. The lowest BCUT2D eigenvalue weighted by Crippen LogP contribution is -2.47. The number of aromatic amines is 1. The van der Waals surface area contributed by atoms with Crippen LogP contribution in [0.3, 0.4) is 0 Å². The predicted octanol–water partition coefficient (Wildman–Crippen LogP) is 2.36. The van der Waals surface area contributed by atoms with Crippen LogP contribution in [0.1, 0.15) is 47.4 Å². The van der Waals surface area contributed by atoms with Crippen LogP contribution in [-0.2, 0) is 14.5 Å². The summed E-state index contributed by atoms with van der Waals surface area (Å²) in [5, 5.41) is -0.305. The van der Waals surface area contributed by atoms with Crippen LogP contribution in [0.5, 0.6) is 0 Å². The predicted molar refractivity (Wildman–Crippen MR) is 115 cm³/mol. The molecule has 0 saturated carbocycles. The zero-order valence-corrected chi connectivity index (χ0v) is 19.0. The third kappa shape index (κ3) is 3.53. The summed E-state index contributed by atoms with van der Waals surface area (Å²) in [6.07, 6.45) is 1.88. The number of rotatable bonds is 5. The minimum atomic E-state index is -0.468. The Labute approximate surface area is 165 Å². The molecule has 1 atom stereocenters. The molecule has 0 bridgehead atoms. The maximum absolute atomic E-state index is 6.65. The van der Waals surface area contributed by atoms with Crippen molar-refractivity contribution >= 4 is 22.1 Å². The van der Waals surface area contributed by atoms with Gasteiger partial charge >= 0.3 is 7.12 Å². The lowest BCUT2D eigenvalue weighted by molar-refractivity contribution is 0.00578. The standard InChI is InChI=1S/C20H32BN3O2Si/c1-13(2)20(22,27-7)17-23-12-16(24-17)14-8-10-15(11-9-14)21-25-18(3,4)19(5,6)26-21/h8-13H,22,27H2,1-7H3,(H,23,24)/t20-/m1/s1. The zero-order chi connectivity index (χ0) is 20.0. The maximum Gasteiger partial charge on any atom is 0.494 e. The highest BCUT2D eigenvalue weighted by molar-refractivity contribution is 6.62. The fourth-order valence-electron chi connectivity index (χ4n) is 3.35. The molecule has 2 heterocycles. The van der Waals surface area contributed by atoms with Crippen molar-refractivity contribution in [3.05, 3.63) is 36.3 Å². The van der Waals surface area contributed by atoms with Gasteiger partial charge in [-0.1, -0.05) is 44.7 Å². The summed E-state index contributed by atoms with van der Waals surface area (Å²) in [6.45, 7) is 14.8. The molecule has 146 valence electrons. The van der Waals surface area contributed by atoms with Gasteiger partial charge in [0.25, 0.3) is 0 Å². The molecule has 0 aliphatic carbocycles. The summed E-state index contributed by atoms with van der Waals surface area (Å²) in [6, 6.07) is 8.28. The Balaban J connectivity index is 1.81. The minimum absolute atomic E-state index is 0.305. The molecule has 1 aromatic carbocycles. The molecule has 3 N–H and O–H groups in total. The van der Waals surface area contributed by atoms with E-state index in [2.05, 4.69) is 82.3 Å². The van der Waals surface area contributed by atoms with Gasteiger partial charge in [-0.15, -0.1) is 0 Å². The number of benzene rings is 1. The van der Waals surface area contributed by atoms with Gasteiger partial charge in [0.05, 0.1) is 37.8 Å². The molecule has 3 rings (SSSR count). The minimum Gasteiger partial charge on any atom is -0.399 e. The fraction of sp³-hybridized carbons (Fsp3) is 0.550. The largest absolute Gasteiger partial charge is 0.494 e. The van der Waals surface area contributed by atoms with Crippen LogP contribution in [0.4, 0.5) is 0 Å². The molecule has 0 amide bonds. The number of hydrogen-bond acceptors (Lipinski definition) is 4. The second-order valence-corrected chi connectivity index (χ2v) is 10.8. The Kier molecular flexibility index (Phi) is 5.18. The third-order valence-electron chi connectivity index (χ3n) is 6.38. The first-order valence-corrected chi connectivity index (χ1v) is 11.9. The Morgan fingerprint density at radius 2 is 1.67 bits per heavy atom. The van der Waals surface area contributed by atoms with E-state index in [0.717, 1.165) is 22.5 Å². The molecule has 0 radical (unpaired) electrons. The molecule has 1 saturated heterocycles. The van der Waals surface area contributed by atoms with E-state index in [9.17, 15) is 0 Å². The molecule has 0 spiro atoms. The number of H-pyrrole nitrogens is 1. The Morgan fingerprint density at radius 3 is 2.15 bits per heavy atom. The van der Waals surface area contributed by atoms with Crippen LogP contribution >= 0.6 is 0 Å². The van der Waals surface area contributed by atoms with Crippen molar-refractivity contribution in [3.63, 3.8) is 0 Å². The highest BCUT2D eigenvalue weighted by Crippen LogP contribution is 2.36. The number of nitrogens with two attached hydrogens (primary N) is 1. The van der Waals surface area contributed by atoms with E-state index in [-0.39, 0.29) is 23.5 Å². The van der Waals surface area contributed by atoms with Gasteiger partial charge in [-0.2, -0.15) is 0 Å². The second kappa shape index (κ2) is 6.88. The van der Waals surface area contributed by atoms with E-state index in [0.29, 0.717) is 5.92 Å². The normalized spacial score (nSPS) is 21.3. The first kappa shape index (κ1) is 20.3. The van der Waals surface area contributed by atoms with E-state index in [1.165, 1.54) is 0 Å². The molecule has 7 heteroatoms. The lowest BCUT2D eigenvalue weighted by atomic mass is 9.79. The molecular formula is C20H32BN3O2Si. The van der Waals surface area contributed by atoms with Crippen LogP contribution in [0.2, 0.25) is 6.55 Å². The van der Waals surface area contributed by atoms with E-state index >= 15 is 0 Å². The van der Waals surface area contributed by atoms with Gasteiger partial charge in [0.1, 0.15) is 5.82 Å². The summed E-state index contributed by atoms with van der Waals surface area (Å²) in [4.78, 5) is 8.05. The summed E-state index contributed by atoms with van der Waals surface area (Å²) in [5.41, 5.74) is 9.07. The maximum atomic E-state index is 6.65. The Morgan fingerprint density at radius 1 is 1.11 bits per heavy atom. The van der Waals surface area contributed by atoms with Crippen molar-refractivity contribution in [2.24, 2.45) is 11.7 Å². The van der Waals surface area contributed by atoms with Crippen LogP contribution < -0.4 is 11.2 Å². The van der Waals surface area contributed by atoms with Crippen molar-refractivity contribution in [2.75, 3.05) is 0 Å². The van der Waals surface area contributed by atoms with E-state index in [4.69, 9.17) is 15.0 Å². The third-order valence-corrected chi connectivity index (χ3v) is 8.70. The first-order valence-electron chi connectivity index (χ1n) is 9.80. The monoisotopic (exact) mass is 385 g/mol. The van der Waals surface area contributed by atoms with E-state index in [1.54, 1.807) is 0 Å². The topological polar surface area (TPSA) is 73.2 Å². The molecule has 1 aliphatic heterocycles. The van der Waals surface area contributed by atoms with Gasteiger partial charge in [-0.25, -0.2) is 4.98 Å². The molecular weight excluding hydrogens is 353 g/mol. The average molecular weight is 385 g/mol. The van der Waals surface area contributed by atoms with Gasteiger partial charge in [-0.3, -0.25) is 0 Å². The van der Waals surface area contributed by atoms with E-state index < -0.39 is 9.52 Å². The van der Waals surface area contributed by atoms with Gasteiger partial charge in [-0.05, 0) is 44.6 Å². The van der Waals surface area contributed by atoms with E-state index in [1.807, 2.05) is 6.20 Å². The summed E-state index contributed by atoms with van der Waals surface area (Å²) < 4.78 is 12.3. The molecule has 1 aliphatic rings. The van der Waals surface area contributed by atoms with Gasteiger partial charge < -0.3 is 20.0 Å². The van der Waals surface area contributed by atoms with Crippen LogP contribution in [0, 0.1) is 5.92 Å². The van der Waals surface area contributed by atoms with Crippen molar-refractivity contribution in [1.82, 2.24) is 9.97 Å². The molecule has 27 heavy (non-hydrogen) atoms. The lowest BCUT2D eigenvalue weighted by Gasteiger charge is -2.32. The number of nitrogens with zero attached hydrogens (tertiary/aromatic N) is 1. The molecule has 1 fully saturated rings. The Bertz CT molecular complexity index is 788. The highest BCUT2D eigenvalue weighted by atomic mass is 28.2. The summed E-state index contributed by atoms with van der Waals surface area (Å²) >= 11 is 0. The first-order chi connectivity index (χ1) is 12.5. The molecule has 5 nitrogen and oxygen atoms in total. The molecule has 1 aromatic heterocycles. The van der Waals surface area contributed by atoms with Crippen LogP contribution in [0.25, 0.3) is 11.3 Å². The smallest absolute Gasteiger partial charge is 0.399 e. The number of imidazole rings is 1. The number of nitrogens with one attached hydrogen (secondary N) is 1. The number of aromatic nitrogens is 2. The van der Waals surface area contributed by atoms with Crippen molar-refractivity contribution < 1.29 is 9.31 Å². The van der Waals surface area contributed by atoms with Gasteiger partial charge in [0, 0.05) is 0 Å². The fourth-order valence-corrected chi connectivity index (χ4v) is 4.68. The van der Waals surface area contributed by atoms with Gasteiger partial charge in [0.2, 0.25) is 0 Å². The van der Waals surface area contributed by atoms with Gasteiger partial charge in [0.15, 0.2) is 0 Å². The quantitative estimate of drug-likeness (QED) is 0.775. The summed E-state index contributed by atoms with van der Waals surface area (Å²) in [7, 11) is -0.810. The zero-order valence-electron chi connectivity index (χ0n) is 17.6. The SMILES string of the molecule is C[SiH2][C@@](N)(c1ncc(-c2ccc(B3OC(C)(C)C(C)(C)O3)cc2)[nH]1)C(C)C. The van der Waals surface area contributed by atoms with Crippen molar-refractivity contribution in [1.29, 1.82) is 0 Å². The van der Waals surface area contributed by atoms with Crippen LogP contribution in [0.15, 0.2) is 30.5 Å². The highest BCUT2D eigenvalue weighted by Gasteiger charge is 2.51. The molecule has 0 unspecified atom stereocenters. The number of hydrogen-bond donors (Lipinski definition) is 2. The van der Waals surface area contributed by atoms with Crippen molar-refractivity contribution in [3.8, 4) is 11.3 Å². The summed E-state index contributed by atoms with van der Waals surface area (Å²) in [5.74, 6) is 1.26. The van der Waals surface area contributed by atoms with Crippen molar-refractivity contribution in [2.45, 2.75) is 64.5 Å². The molecule has 2 aromatic rings. The van der Waals surface area contributed by atoms with Crippen LogP contribution in [-0.4, -0.2) is 37.8 Å².